The number of halogens is 3. The molecular formula is C20H19F3N6. The number of benzene rings is 1. The van der Waals surface area contributed by atoms with E-state index < -0.39 is 11.7 Å². The van der Waals surface area contributed by atoms with Gasteiger partial charge in [0, 0.05) is 41.4 Å². The molecule has 0 aliphatic carbocycles. The Morgan fingerprint density at radius 1 is 1.31 bits per heavy atom. The van der Waals surface area contributed by atoms with Gasteiger partial charge in [0.15, 0.2) is 0 Å². The molecule has 150 valence electrons. The van der Waals surface area contributed by atoms with Gasteiger partial charge in [0.1, 0.15) is 5.56 Å². The second-order valence-electron chi connectivity index (χ2n) is 7.17. The van der Waals surface area contributed by atoms with E-state index in [1.165, 1.54) is 6.20 Å². The molecule has 1 aliphatic heterocycles. The number of nitrogens with zero attached hydrogens (tertiary/aromatic N) is 3. The lowest BCUT2D eigenvalue weighted by atomic mass is 10.0. The van der Waals surface area contributed by atoms with Crippen LogP contribution in [-0.4, -0.2) is 34.1 Å². The van der Waals surface area contributed by atoms with Crippen LogP contribution in [0.1, 0.15) is 29.5 Å². The minimum absolute atomic E-state index is 0.0664. The number of alkyl halides is 3. The fraction of sp³-hybridized carbons (Fsp3) is 0.350. The van der Waals surface area contributed by atoms with E-state index in [2.05, 4.69) is 31.7 Å². The highest BCUT2D eigenvalue weighted by Crippen LogP contribution is 2.39. The van der Waals surface area contributed by atoms with Crippen LogP contribution < -0.4 is 10.6 Å². The zero-order valence-electron chi connectivity index (χ0n) is 15.7. The first-order valence-electron chi connectivity index (χ1n) is 9.30. The minimum atomic E-state index is -4.59. The number of aromatic amines is 1. The van der Waals surface area contributed by atoms with Gasteiger partial charge >= 0.3 is 6.18 Å². The summed E-state index contributed by atoms with van der Waals surface area (Å²) in [6.45, 7) is 3.39. The second kappa shape index (κ2) is 7.37. The molecule has 4 rings (SSSR count). The summed E-state index contributed by atoms with van der Waals surface area (Å²) in [7, 11) is 0. The molecular weight excluding hydrogens is 381 g/mol. The summed E-state index contributed by atoms with van der Waals surface area (Å²) in [5, 5.41) is 16.2. The van der Waals surface area contributed by atoms with Gasteiger partial charge in [0.25, 0.3) is 0 Å². The molecule has 0 radical (unpaired) electrons. The molecule has 1 saturated heterocycles. The van der Waals surface area contributed by atoms with Crippen molar-refractivity contribution < 1.29 is 13.2 Å². The Labute approximate surface area is 165 Å². The van der Waals surface area contributed by atoms with Crippen LogP contribution in [0.5, 0.6) is 0 Å². The van der Waals surface area contributed by atoms with Crippen molar-refractivity contribution in [3.63, 3.8) is 0 Å². The summed E-state index contributed by atoms with van der Waals surface area (Å²) in [6.07, 6.45) is -0.388. The van der Waals surface area contributed by atoms with E-state index in [1.54, 1.807) is 19.1 Å². The van der Waals surface area contributed by atoms with Crippen LogP contribution in [-0.2, 0) is 6.18 Å². The highest BCUT2D eigenvalue weighted by Gasteiger charge is 2.36. The summed E-state index contributed by atoms with van der Waals surface area (Å²) >= 11 is 0. The van der Waals surface area contributed by atoms with Crippen molar-refractivity contribution >= 4 is 16.9 Å². The van der Waals surface area contributed by atoms with Crippen LogP contribution in [0, 0.1) is 18.3 Å². The minimum Gasteiger partial charge on any atom is -0.360 e. The third-order valence-corrected chi connectivity index (χ3v) is 5.13. The van der Waals surface area contributed by atoms with Gasteiger partial charge in [-0.1, -0.05) is 0 Å². The van der Waals surface area contributed by atoms with Gasteiger partial charge in [0.05, 0.1) is 17.3 Å². The molecule has 3 aromatic rings. The van der Waals surface area contributed by atoms with Gasteiger partial charge in [-0.15, -0.1) is 0 Å². The Bertz CT molecular complexity index is 1090. The predicted molar refractivity (Wildman–Crippen MR) is 103 cm³/mol. The SMILES string of the molecule is Cc1cc2c(-c3nc(NC4CCCNC4)ncc3C(F)(F)F)c[nH]c2cc1C#N. The quantitative estimate of drug-likeness (QED) is 0.619. The number of fused-ring (bicyclic) bond motifs is 1. The van der Waals surface area contributed by atoms with Crippen molar-refractivity contribution in [2.45, 2.75) is 32.0 Å². The van der Waals surface area contributed by atoms with Crippen LogP contribution in [0.3, 0.4) is 0 Å². The lowest BCUT2D eigenvalue weighted by Gasteiger charge is -2.24. The maximum atomic E-state index is 13.7. The third kappa shape index (κ3) is 3.76. The number of H-pyrrole nitrogens is 1. The summed E-state index contributed by atoms with van der Waals surface area (Å²) in [5.74, 6) is 0.168. The summed E-state index contributed by atoms with van der Waals surface area (Å²) in [6, 6.07) is 5.49. The number of aromatic nitrogens is 3. The van der Waals surface area contributed by atoms with Crippen molar-refractivity contribution in [3.05, 3.63) is 41.2 Å². The standard InChI is InChI=1S/C20H19F3N6/c1-11-5-14-15(9-26-17(14)6-12(11)7-24)18-16(20(21,22)23)10-27-19(29-18)28-13-3-2-4-25-8-13/h5-6,9-10,13,25-26H,2-4,8H2,1H3,(H,27,28,29). The van der Waals surface area contributed by atoms with Crippen LogP contribution >= 0.6 is 0 Å². The van der Waals surface area contributed by atoms with Crippen molar-refractivity contribution in [2.75, 3.05) is 18.4 Å². The van der Waals surface area contributed by atoms with Gasteiger partial charge in [-0.25, -0.2) is 9.97 Å². The normalized spacial score (nSPS) is 17.3. The first-order valence-corrected chi connectivity index (χ1v) is 9.30. The van der Waals surface area contributed by atoms with E-state index >= 15 is 0 Å². The molecule has 0 spiro atoms. The molecule has 1 atom stereocenters. The Morgan fingerprint density at radius 2 is 2.14 bits per heavy atom. The van der Waals surface area contributed by atoms with Gasteiger partial charge in [-0.2, -0.15) is 18.4 Å². The highest BCUT2D eigenvalue weighted by molar-refractivity contribution is 5.96. The number of nitriles is 1. The largest absolute Gasteiger partial charge is 0.419 e. The molecule has 9 heteroatoms. The molecule has 6 nitrogen and oxygen atoms in total. The fourth-order valence-corrected chi connectivity index (χ4v) is 3.62. The predicted octanol–water partition coefficient (Wildman–Crippen LogP) is 3.99. The molecule has 3 N–H and O–H groups in total. The lowest BCUT2D eigenvalue weighted by molar-refractivity contribution is -0.137. The Hall–Kier alpha value is -3.12. The van der Waals surface area contributed by atoms with Crippen molar-refractivity contribution in [2.24, 2.45) is 0 Å². The van der Waals surface area contributed by atoms with Gasteiger partial charge in [-0.3, -0.25) is 0 Å². The third-order valence-electron chi connectivity index (χ3n) is 5.13. The fourth-order valence-electron chi connectivity index (χ4n) is 3.62. The molecule has 2 aromatic heterocycles. The van der Waals surface area contributed by atoms with Crippen LogP contribution in [0.4, 0.5) is 19.1 Å². The maximum Gasteiger partial charge on any atom is 0.419 e. The summed E-state index contributed by atoms with van der Waals surface area (Å²) < 4.78 is 41.0. The first-order chi connectivity index (χ1) is 13.9. The molecule has 0 bridgehead atoms. The first kappa shape index (κ1) is 19.2. The summed E-state index contributed by atoms with van der Waals surface area (Å²) in [5.41, 5.74) is 0.987. The van der Waals surface area contributed by atoms with E-state index in [4.69, 9.17) is 0 Å². The van der Waals surface area contributed by atoms with Crippen molar-refractivity contribution in [3.8, 4) is 17.3 Å². The van der Waals surface area contributed by atoms with E-state index in [-0.39, 0.29) is 17.7 Å². The monoisotopic (exact) mass is 400 g/mol. The number of anilines is 1. The molecule has 1 unspecified atom stereocenters. The van der Waals surface area contributed by atoms with E-state index in [9.17, 15) is 18.4 Å². The highest BCUT2D eigenvalue weighted by atomic mass is 19.4. The number of nitrogens with one attached hydrogen (secondary N) is 3. The zero-order chi connectivity index (χ0) is 20.6. The molecule has 29 heavy (non-hydrogen) atoms. The van der Waals surface area contributed by atoms with Crippen LogP contribution in [0.15, 0.2) is 24.5 Å². The number of hydrogen-bond acceptors (Lipinski definition) is 5. The van der Waals surface area contributed by atoms with Crippen LogP contribution in [0.2, 0.25) is 0 Å². The Morgan fingerprint density at radius 3 is 2.83 bits per heavy atom. The van der Waals surface area contributed by atoms with Crippen LogP contribution in [0.25, 0.3) is 22.2 Å². The molecule has 3 heterocycles. The molecule has 1 fully saturated rings. The van der Waals surface area contributed by atoms with E-state index in [1.807, 2.05) is 0 Å². The molecule has 1 aromatic carbocycles. The number of hydrogen-bond donors (Lipinski definition) is 3. The topological polar surface area (TPSA) is 89.4 Å². The lowest BCUT2D eigenvalue weighted by Crippen LogP contribution is -2.38. The molecule has 0 amide bonds. The average Bonchev–Trinajstić information content (AvgIpc) is 3.09. The van der Waals surface area contributed by atoms with Gasteiger partial charge < -0.3 is 15.6 Å². The van der Waals surface area contributed by atoms with Crippen molar-refractivity contribution in [1.29, 1.82) is 5.26 Å². The Balaban J connectivity index is 1.82. The molecule has 0 saturated carbocycles. The van der Waals surface area contributed by atoms with Gasteiger partial charge in [-0.05, 0) is 44.0 Å². The number of aryl methyl sites for hydroxylation is 1. The van der Waals surface area contributed by atoms with Crippen molar-refractivity contribution in [1.82, 2.24) is 20.3 Å². The number of piperidine rings is 1. The second-order valence-corrected chi connectivity index (χ2v) is 7.17. The zero-order valence-corrected chi connectivity index (χ0v) is 15.7. The van der Waals surface area contributed by atoms with Gasteiger partial charge in [0.2, 0.25) is 5.95 Å². The smallest absolute Gasteiger partial charge is 0.360 e. The summed E-state index contributed by atoms with van der Waals surface area (Å²) in [4.78, 5) is 11.1. The number of rotatable bonds is 3. The Kier molecular flexibility index (Phi) is 4.88. The van der Waals surface area contributed by atoms with E-state index in [0.717, 1.165) is 25.6 Å². The maximum absolute atomic E-state index is 13.7. The average molecular weight is 400 g/mol. The molecule has 1 aliphatic rings. The van der Waals surface area contributed by atoms with E-state index in [0.29, 0.717) is 34.1 Å².